The van der Waals surface area contributed by atoms with E-state index in [1.54, 1.807) is 0 Å². The molecule has 0 aromatic carbocycles. The topological polar surface area (TPSA) is 172 Å². The molecule has 0 heterocycles. The molecule has 94 valence electrons. The van der Waals surface area contributed by atoms with E-state index in [9.17, 15) is 0 Å². The maximum atomic E-state index is 8.55. The zero-order valence-electron chi connectivity index (χ0n) is 11.1. The van der Waals surface area contributed by atoms with Crippen LogP contribution in [0.5, 0.6) is 0 Å². The van der Waals surface area contributed by atoms with Gasteiger partial charge in [0.1, 0.15) is 0 Å². The molecule has 0 N–H and O–H groups in total. The van der Waals surface area contributed by atoms with E-state index in [1.165, 1.54) is 0 Å². The third-order valence-corrected chi connectivity index (χ3v) is 0. The molecule has 0 saturated heterocycles. The number of phosphoric acid groups is 2. The second-order valence-corrected chi connectivity index (χ2v) is 2.68. The van der Waals surface area contributed by atoms with E-state index in [1.807, 2.05) is 0 Å². The third-order valence-electron chi connectivity index (χ3n) is 0. The standard InChI is InChI=1S/3Li.3Ni.2H3O4P.3H/c;;;;;;2*1-5(2,3)4;;;/h;;;;;;2*(H3,1,2,3,4);;;/q3*+1;3*+2;;;3*-1/p-6. The Labute approximate surface area is 163 Å². The molecule has 0 atom stereocenters. The summed E-state index contributed by atoms with van der Waals surface area (Å²) < 4.78 is 17.1. The second-order valence-electron chi connectivity index (χ2n) is 0.894. The zero-order valence-corrected chi connectivity index (χ0v) is 12.9. The van der Waals surface area contributed by atoms with Gasteiger partial charge in [-0.3, -0.25) is 0 Å². The maximum absolute atomic E-state index is 8.55. The largest absolute Gasteiger partial charge is 2.00 e. The van der Waals surface area contributed by atoms with Gasteiger partial charge < -0.3 is 42.8 Å². The van der Waals surface area contributed by atoms with Crippen molar-refractivity contribution < 1.29 is 149 Å². The summed E-state index contributed by atoms with van der Waals surface area (Å²) in [4.78, 5) is 51.3. The minimum absolute atomic E-state index is 0. The first-order valence-corrected chi connectivity index (χ1v) is 4.38. The van der Waals surface area contributed by atoms with Gasteiger partial charge in [0, 0.05) is 0 Å². The molecule has 0 aromatic rings. The Kier molecular flexibility index (Phi) is 74.4. The molecule has 0 saturated carbocycles. The molecule has 0 rings (SSSR count). The molecule has 0 aromatic heterocycles. The van der Waals surface area contributed by atoms with Gasteiger partial charge in [0.15, 0.2) is 0 Å². The molecule has 0 unspecified atom stereocenters. The Hall–Kier alpha value is 3.49. The zero-order chi connectivity index (χ0) is 9.00. The second kappa shape index (κ2) is 23.6. The van der Waals surface area contributed by atoms with Gasteiger partial charge >= 0.3 is 106 Å². The Morgan fingerprint density at radius 2 is 0.562 bits per heavy atom. The molecule has 0 amide bonds. The molecular formula is H3Li3Ni3O8P2. The van der Waals surface area contributed by atoms with Crippen LogP contribution in [0.1, 0.15) is 4.28 Å². The Morgan fingerprint density at radius 1 is 0.562 bits per heavy atom. The molecule has 0 aliphatic carbocycles. The van der Waals surface area contributed by atoms with Crippen LogP contribution in [0.15, 0.2) is 0 Å². The van der Waals surface area contributed by atoms with Crippen LogP contribution >= 0.6 is 15.6 Å². The van der Waals surface area contributed by atoms with Crippen LogP contribution in [0, 0.1) is 0 Å². The van der Waals surface area contributed by atoms with Crippen molar-refractivity contribution >= 4 is 15.6 Å². The summed E-state index contributed by atoms with van der Waals surface area (Å²) in [5.74, 6) is 0. The van der Waals surface area contributed by atoms with Crippen molar-refractivity contribution in [2.45, 2.75) is 0 Å². The van der Waals surface area contributed by atoms with Crippen molar-refractivity contribution in [2.24, 2.45) is 0 Å². The summed E-state index contributed by atoms with van der Waals surface area (Å²) >= 11 is 0. The quantitative estimate of drug-likeness (QED) is 0.290. The van der Waals surface area contributed by atoms with Crippen molar-refractivity contribution in [1.29, 1.82) is 0 Å². The van der Waals surface area contributed by atoms with Gasteiger partial charge in [0.25, 0.3) is 0 Å². The molecule has 0 aliphatic heterocycles. The monoisotopic (exact) mass is 388 g/mol. The van der Waals surface area contributed by atoms with Gasteiger partial charge in [-0.15, -0.1) is 0 Å². The first-order chi connectivity index (χ1) is 4.00. The van der Waals surface area contributed by atoms with Crippen LogP contribution in [-0.4, -0.2) is 0 Å². The van der Waals surface area contributed by atoms with Crippen LogP contribution in [0.3, 0.4) is 0 Å². The van der Waals surface area contributed by atoms with Crippen molar-refractivity contribution in [3.05, 3.63) is 0 Å². The van der Waals surface area contributed by atoms with Gasteiger partial charge in [0.2, 0.25) is 0 Å². The normalized spacial score (nSPS) is 7.38. The Balaban J connectivity index is -0.00000000508. The third kappa shape index (κ3) is 390. The van der Waals surface area contributed by atoms with Gasteiger partial charge in [-0.1, -0.05) is 0 Å². The van der Waals surface area contributed by atoms with E-state index >= 15 is 0 Å². The van der Waals surface area contributed by atoms with Gasteiger partial charge in [-0.05, 0) is 0 Å². The van der Waals surface area contributed by atoms with E-state index in [4.69, 9.17) is 38.5 Å². The summed E-state index contributed by atoms with van der Waals surface area (Å²) in [6.07, 6.45) is 0. The predicted octanol–water partition coefficient (Wildman–Crippen LogP) is -14.3. The first-order valence-electron chi connectivity index (χ1n) is 1.46. The van der Waals surface area contributed by atoms with Gasteiger partial charge in [0.05, 0.1) is 0 Å². The molecule has 0 radical (unpaired) electrons. The van der Waals surface area contributed by atoms with Crippen LogP contribution in [-0.2, 0) is 58.6 Å². The Bertz CT molecular complexity index is 153. The Morgan fingerprint density at radius 3 is 0.562 bits per heavy atom. The summed E-state index contributed by atoms with van der Waals surface area (Å²) in [5.41, 5.74) is 0. The summed E-state index contributed by atoms with van der Waals surface area (Å²) in [6, 6.07) is 0. The fraction of sp³-hybridized carbons (Fsp3) is 0. The van der Waals surface area contributed by atoms with Crippen LogP contribution < -0.4 is 85.9 Å². The fourth-order valence-corrected chi connectivity index (χ4v) is 0. The van der Waals surface area contributed by atoms with Gasteiger partial charge in [-0.2, -0.15) is 15.6 Å². The van der Waals surface area contributed by atoms with E-state index in [-0.39, 0.29) is 110 Å². The SMILES string of the molecule is O=P([O-])([O-])[O-].O=P([O-])([O-])[O-].[H-].[H-].[H-].[Li+].[Li+].[Li+].[Ni+2].[Ni+2].[Ni+2]. The smallest absolute Gasteiger partial charge is 1.00 e. The molecular weight excluding hydrogens is 387 g/mol. The molecule has 8 nitrogen and oxygen atoms in total. The maximum Gasteiger partial charge on any atom is 2.00 e. The average molecular weight is 390 g/mol. The number of rotatable bonds is 0. The fourth-order valence-electron chi connectivity index (χ4n) is 0. The molecule has 0 aliphatic rings. The van der Waals surface area contributed by atoms with Crippen molar-refractivity contribution in [2.75, 3.05) is 0 Å². The number of hydrogen-bond donors (Lipinski definition) is 0. The minimum Gasteiger partial charge on any atom is -1.00 e. The molecule has 16 heavy (non-hydrogen) atoms. The predicted molar refractivity (Wildman–Crippen MR) is 18.5 cm³/mol. The van der Waals surface area contributed by atoms with Crippen molar-refractivity contribution in [3.63, 3.8) is 0 Å². The van der Waals surface area contributed by atoms with Crippen LogP contribution in [0.4, 0.5) is 0 Å². The minimum atomic E-state index is -5.39. The van der Waals surface area contributed by atoms with Crippen LogP contribution in [0.2, 0.25) is 0 Å². The van der Waals surface area contributed by atoms with E-state index in [2.05, 4.69) is 0 Å². The van der Waals surface area contributed by atoms with E-state index in [0.29, 0.717) is 0 Å². The van der Waals surface area contributed by atoms with Crippen molar-refractivity contribution in [1.82, 2.24) is 0 Å². The number of hydrogen-bond acceptors (Lipinski definition) is 8. The van der Waals surface area contributed by atoms with E-state index in [0.717, 1.165) is 0 Å². The summed E-state index contributed by atoms with van der Waals surface area (Å²) in [7, 11) is -10.8. The van der Waals surface area contributed by atoms with Crippen molar-refractivity contribution in [3.8, 4) is 0 Å². The van der Waals surface area contributed by atoms with Crippen LogP contribution in [0.25, 0.3) is 0 Å². The first kappa shape index (κ1) is 50.5. The molecule has 16 heteroatoms. The average Bonchev–Trinajstić information content (AvgIpc) is 1.12. The molecule has 0 bridgehead atoms. The molecule has 0 fully saturated rings. The molecule has 0 spiro atoms. The van der Waals surface area contributed by atoms with Gasteiger partial charge in [-0.25, -0.2) is 0 Å². The summed E-state index contributed by atoms with van der Waals surface area (Å²) in [6.45, 7) is 0. The summed E-state index contributed by atoms with van der Waals surface area (Å²) in [5, 5.41) is 0. The van der Waals surface area contributed by atoms with E-state index < -0.39 is 15.6 Å².